The highest BCUT2D eigenvalue weighted by Gasteiger charge is 2.23. The summed E-state index contributed by atoms with van der Waals surface area (Å²) in [4.78, 5) is 5.44. The van der Waals surface area contributed by atoms with Gasteiger partial charge in [0.15, 0.2) is 0 Å². The minimum Gasteiger partial charge on any atom is -0.368 e. The number of nitrogens with one attached hydrogen (secondary N) is 1. The van der Waals surface area contributed by atoms with Gasteiger partial charge in [0.25, 0.3) is 0 Å². The van der Waals surface area contributed by atoms with Gasteiger partial charge in [-0.1, -0.05) is 42.1 Å². The van der Waals surface area contributed by atoms with Crippen LogP contribution in [0.4, 0.5) is 5.69 Å². The zero-order valence-corrected chi connectivity index (χ0v) is 14.9. The van der Waals surface area contributed by atoms with Gasteiger partial charge in [-0.25, -0.2) is 0 Å². The highest BCUT2D eigenvalue weighted by atomic mass is 32.2. The standard InChI is InChI=1S/C21H24N2S/c1-2-5-17-9-11-20-18(21(17)23-14-12-22-13-15-23)10-8-16-6-3-4-7-19(16)24-20/h2-4,6-7,9,11,22H,1,5,8,10,12-15H2. The van der Waals surface area contributed by atoms with E-state index in [1.54, 1.807) is 0 Å². The number of aryl methyl sites for hydroxylation is 1. The molecule has 124 valence electrons. The number of rotatable bonds is 3. The average Bonchev–Trinajstić information content (AvgIpc) is 2.82. The SMILES string of the molecule is C=CCc1ccc2c(c1N1CCNCC1)CCc1ccccc1S2. The molecule has 2 aromatic carbocycles. The lowest BCUT2D eigenvalue weighted by Crippen LogP contribution is -2.44. The van der Waals surface area contributed by atoms with Crippen molar-refractivity contribution in [2.45, 2.75) is 29.1 Å². The van der Waals surface area contributed by atoms with Gasteiger partial charge in [0.1, 0.15) is 0 Å². The molecular weight excluding hydrogens is 312 g/mol. The summed E-state index contributed by atoms with van der Waals surface area (Å²) in [7, 11) is 0. The Morgan fingerprint density at radius 1 is 1.04 bits per heavy atom. The fourth-order valence-corrected chi connectivity index (χ4v) is 4.94. The van der Waals surface area contributed by atoms with E-state index in [9.17, 15) is 0 Å². The van der Waals surface area contributed by atoms with Crippen LogP contribution in [0.5, 0.6) is 0 Å². The molecule has 3 heteroatoms. The van der Waals surface area contributed by atoms with Gasteiger partial charge in [-0.05, 0) is 48.1 Å². The molecule has 0 saturated carbocycles. The quantitative estimate of drug-likeness (QED) is 0.851. The van der Waals surface area contributed by atoms with Crippen molar-refractivity contribution in [3.63, 3.8) is 0 Å². The Bertz CT molecular complexity index is 747. The van der Waals surface area contributed by atoms with Crippen molar-refractivity contribution >= 4 is 17.4 Å². The van der Waals surface area contributed by atoms with Crippen molar-refractivity contribution in [1.29, 1.82) is 0 Å². The zero-order chi connectivity index (χ0) is 16.4. The lowest BCUT2D eigenvalue weighted by molar-refractivity contribution is 0.586. The number of hydrogen-bond acceptors (Lipinski definition) is 3. The smallest absolute Gasteiger partial charge is 0.0446 e. The minimum absolute atomic E-state index is 0.949. The lowest BCUT2D eigenvalue weighted by atomic mass is 9.97. The first-order chi connectivity index (χ1) is 11.9. The molecule has 2 aliphatic rings. The third kappa shape index (κ3) is 2.99. The molecule has 1 N–H and O–H groups in total. The maximum atomic E-state index is 3.97. The largest absolute Gasteiger partial charge is 0.368 e. The summed E-state index contributed by atoms with van der Waals surface area (Å²) in [5.74, 6) is 0. The molecule has 0 bridgehead atoms. The monoisotopic (exact) mass is 336 g/mol. The summed E-state index contributed by atoms with van der Waals surface area (Å²) in [6, 6.07) is 13.5. The van der Waals surface area contributed by atoms with Gasteiger partial charge in [-0.3, -0.25) is 0 Å². The second-order valence-electron chi connectivity index (χ2n) is 6.49. The Labute approximate surface area is 149 Å². The van der Waals surface area contributed by atoms with E-state index in [0.717, 1.165) is 45.4 Å². The third-order valence-corrected chi connectivity index (χ3v) is 6.18. The van der Waals surface area contributed by atoms with Crippen LogP contribution in [0, 0.1) is 0 Å². The fourth-order valence-electron chi connectivity index (χ4n) is 3.79. The molecule has 4 rings (SSSR count). The first-order valence-electron chi connectivity index (χ1n) is 8.84. The normalized spacial score (nSPS) is 16.9. The predicted molar refractivity (Wildman–Crippen MR) is 103 cm³/mol. The highest BCUT2D eigenvalue weighted by molar-refractivity contribution is 7.99. The van der Waals surface area contributed by atoms with Crippen molar-refractivity contribution < 1.29 is 0 Å². The summed E-state index contributed by atoms with van der Waals surface area (Å²) >= 11 is 1.94. The van der Waals surface area contributed by atoms with E-state index in [1.165, 1.54) is 32.2 Å². The lowest BCUT2D eigenvalue weighted by Gasteiger charge is -2.33. The van der Waals surface area contributed by atoms with Gasteiger partial charge in [0.2, 0.25) is 0 Å². The van der Waals surface area contributed by atoms with E-state index in [0.29, 0.717) is 0 Å². The van der Waals surface area contributed by atoms with E-state index in [-0.39, 0.29) is 0 Å². The zero-order valence-electron chi connectivity index (χ0n) is 14.1. The van der Waals surface area contributed by atoms with Gasteiger partial charge in [0, 0.05) is 41.7 Å². The molecule has 2 nitrogen and oxygen atoms in total. The minimum atomic E-state index is 0.949. The fraction of sp³-hybridized carbons (Fsp3) is 0.333. The van der Waals surface area contributed by atoms with Crippen LogP contribution in [0.2, 0.25) is 0 Å². The van der Waals surface area contributed by atoms with Crippen LogP contribution in [0.3, 0.4) is 0 Å². The summed E-state index contributed by atoms with van der Waals surface area (Å²) in [5.41, 5.74) is 5.93. The van der Waals surface area contributed by atoms with Gasteiger partial charge < -0.3 is 10.2 Å². The Morgan fingerprint density at radius 2 is 1.88 bits per heavy atom. The van der Waals surface area contributed by atoms with Crippen LogP contribution >= 0.6 is 11.8 Å². The van der Waals surface area contributed by atoms with Crippen LogP contribution in [0.1, 0.15) is 16.7 Å². The number of fused-ring (bicyclic) bond motifs is 2. The van der Waals surface area contributed by atoms with Gasteiger partial charge >= 0.3 is 0 Å². The molecule has 2 heterocycles. The Hall–Kier alpha value is -1.71. The summed E-state index contributed by atoms with van der Waals surface area (Å²) in [5, 5.41) is 3.48. The maximum Gasteiger partial charge on any atom is 0.0446 e. The summed E-state index contributed by atoms with van der Waals surface area (Å²) < 4.78 is 0. The number of benzene rings is 2. The molecule has 2 aromatic rings. The number of allylic oxidation sites excluding steroid dienone is 1. The average molecular weight is 337 g/mol. The van der Waals surface area contributed by atoms with Crippen molar-refractivity contribution in [1.82, 2.24) is 5.32 Å². The molecule has 1 saturated heterocycles. The molecule has 2 aliphatic heterocycles. The molecule has 1 fully saturated rings. The van der Waals surface area contributed by atoms with Gasteiger partial charge in [-0.15, -0.1) is 6.58 Å². The number of nitrogens with zero attached hydrogens (tertiary/aromatic N) is 1. The molecule has 0 unspecified atom stereocenters. The Balaban J connectivity index is 1.79. The van der Waals surface area contributed by atoms with Crippen LogP contribution < -0.4 is 10.2 Å². The first-order valence-corrected chi connectivity index (χ1v) is 9.65. The van der Waals surface area contributed by atoms with Crippen molar-refractivity contribution in [3.8, 4) is 0 Å². The summed E-state index contributed by atoms with van der Waals surface area (Å²) in [6.07, 6.45) is 5.24. The molecule has 0 radical (unpaired) electrons. The Kier molecular flexibility index (Phi) is 4.63. The van der Waals surface area contributed by atoms with Gasteiger partial charge in [0.05, 0.1) is 0 Å². The Morgan fingerprint density at radius 3 is 2.71 bits per heavy atom. The van der Waals surface area contributed by atoms with Crippen molar-refractivity contribution in [2.75, 3.05) is 31.1 Å². The first kappa shape index (κ1) is 15.8. The second-order valence-corrected chi connectivity index (χ2v) is 7.57. The molecular formula is C21H24N2S. The topological polar surface area (TPSA) is 15.3 Å². The van der Waals surface area contributed by atoms with Crippen LogP contribution in [-0.2, 0) is 19.3 Å². The highest BCUT2D eigenvalue weighted by Crippen LogP contribution is 2.42. The van der Waals surface area contributed by atoms with Gasteiger partial charge in [-0.2, -0.15) is 0 Å². The van der Waals surface area contributed by atoms with Crippen LogP contribution in [0.15, 0.2) is 58.8 Å². The van der Waals surface area contributed by atoms with Crippen molar-refractivity contribution in [2.24, 2.45) is 0 Å². The summed E-state index contributed by atoms with van der Waals surface area (Å²) in [6.45, 7) is 8.31. The van der Waals surface area contributed by atoms with Crippen molar-refractivity contribution in [3.05, 3.63) is 65.7 Å². The second kappa shape index (κ2) is 7.04. The maximum absolute atomic E-state index is 3.97. The third-order valence-electron chi connectivity index (χ3n) is 4.96. The van der Waals surface area contributed by atoms with E-state index >= 15 is 0 Å². The van der Waals surface area contributed by atoms with E-state index in [2.05, 4.69) is 53.2 Å². The van der Waals surface area contributed by atoms with E-state index in [1.807, 2.05) is 17.8 Å². The van der Waals surface area contributed by atoms with Crippen LogP contribution in [0.25, 0.3) is 0 Å². The van der Waals surface area contributed by atoms with E-state index < -0.39 is 0 Å². The number of piperazine rings is 1. The molecule has 0 spiro atoms. The molecule has 0 atom stereocenters. The van der Waals surface area contributed by atoms with Crippen LogP contribution in [-0.4, -0.2) is 26.2 Å². The molecule has 0 amide bonds. The predicted octanol–water partition coefficient (Wildman–Crippen LogP) is 4.07. The number of anilines is 1. The molecule has 0 aromatic heterocycles. The molecule has 24 heavy (non-hydrogen) atoms. The van der Waals surface area contributed by atoms with E-state index in [4.69, 9.17) is 0 Å². The molecule has 0 aliphatic carbocycles. The number of hydrogen-bond donors (Lipinski definition) is 1.